The molecular formula is C17H36O8Si7. The highest BCUT2D eigenvalue weighted by Crippen LogP contribution is 2.25. The van der Waals surface area contributed by atoms with E-state index in [1.54, 1.807) is 6.92 Å². The second-order valence-corrected chi connectivity index (χ2v) is 50.0. The average molecular weight is 565 g/mol. The number of carbonyl (C=O) groups excluding carboxylic acids is 1. The summed E-state index contributed by atoms with van der Waals surface area (Å²) in [5.74, 6) is -0.460. The molecule has 0 N–H and O–H groups in total. The maximum atomic E-state index is 13.1. The molecule has 0 saturated heterocycles. The molecule has 0 aliphatic carbocycles. The summed E-state index contributed by atoms with van der Waals surface area (Å²) in [4.78, 5) is 11.2. The van der Waals surface area contributed by atoms with E-state index >= 15 is 0 Å². The van der Waals surface area contributed by atoms with Crippen molar-refractivity contribution in [2.24, 2.45) is 0 Å². The Hall–Kier alpha value is -0.152. The van der Waals surface area contributed by atoms with Crippen molar-refractivity contribution in [2.75, 3.05) is 26.4 Å². The molecule has 0 aromatic rings. The predicted molar refractivity (Wildman–Crippen MR) is 133 cm³/mol. The second kappa shape index (κ2) is 15.7. The van der Waals surface area contributed by atoms with Gasteiger partial charge < -0.3 is 31.7 Å². The van der Waals surface area contributed by atoms with E-state index in [2.05, 4.69) is 26.6 Å². The van der Waals surface area contributed by atoms with Crippen LogP contribution in [0.4, 0.5) is 0 Å². The predicted octanol–water partition coefficient (Wildman–Crippen LogP) is 1.94. The number of hydrogen-bond acceptors (Lipinski definition) is 8. The Morgan fingerprint density at radius 3 is 2.12 bits per heavy atom. The molecule has 0 fully saturated rings. The Labute approximate surface area is 200 Å². The molecule has 0 saturated carbocycles. The Morgan fingerprint density at radius 1 is 0.938 bits per heavy atom. The SMILES string of the molecule is C=C(C)C(=O)OCCOCCCO[Si][Si](=O)[Si](=O)[Si](=O)[Si](=O)[Si](C)(C)[Si](C)(C)CCCC. The van der Waals surface area contributed by atoms with Crippen molar-refractivity contribution in [3.05, 3.63) is 12.2 Å². The molecule has 0 aromatic carbocycles. The number of carbonyl (C=O) groups is 1. The first-order valence-corrected chi connectivity index (χ1v) is 29.5. The number of ether oxygens (including phenoxy) is 2. The van der Waals surface area contributed by atoms with E-state index in [9.17, 15) is 22.6 Å². The van der Waals surface area contributed by atoms with E-state index in [1.165, 1.54) is 0 Å². The molecule has 0 spiro atoms. The third-order valence-electron chi connectivity index (χ3n) is 5.54. The fraction of sp³-hybridized carbons (Fsp3) is 0.824. The Kier molecular flexibility index (Phi) is 15.6. The lowest BCUT2D eigenvalue weighted by atomic mass is 10.4. The summed E-state index contributed by atoms with van der Waals surface area (Å²) >= 11 is 0. The van der Waals surface area contributed by atoms with Crippen LogP contribution in [0.5, 0.6) is 0 Å². The van der Waals surface area contributed by atoms with Crippen LogP contribution >= 0.6 is 0 Å². The summed E-state index contributed by atoms with van der Waals surface area (Å²) in [6, 6.07) is 1.04. The Balaban J connectivity index is 4.33. The van der Waals surface area contributed by atoms with Crippen molar-refractivity contribution >= 4 is 60.8 Å². The van der Waals surface area contributed by atoms with E-state index in [-0.39, 0.29) is 19.8 Å². The van der Waals surface area contributed by atoms with Gasteiger partial charge in [0, 0.05) is 26.4 Å². The largest absolute Gasteiger partial charge is 0.460 e. The number of unbranched alkanes of at least 4 members (excludes halogenated alkanes) is 1. The topological polar surface area (TPSA) is 113 Å². The highest BCUT2D eigenvalue weighted by Gasteiger charge is 2.53. The zero-order valence-corrected chi connectivity index (χ0v) is 27.1. The Morgan fingerprint density at radius 2 is 1.56 bits per heavy atom. The van der Waals surface area contributed by atoms with E-state index in [1.807, 2.05) is 13.1 Å². The first-order chi connectivity index (χ1) is 14.8. The van der Waals surface area contributed by atoms with Crippen molar-refractivity contribution in [3.63, 3.8) is 0 Å². The first-order valence-electron chi connectivity index (χ1n) is 10.7. The molecule has 0 unspecified atom stereocenters. The monoisotopic (exact) mass is 564 g/mol. The molecule has 0 atom stereocenters. The second-order valence-electron chi connectivity index (χ2n) is 8.76. The van der Waals surface area contributed by atoms with Gasteiger partial charge in [-0.15, -0.1) is 0 Å². The van der Waals surface area contributed by atoms with Gasteiger partial charge in [0.2, 0.25) is 0 Å². The quantitative estimate of drug-likeness (QED) is 0.107. The van der Waals surface area contributed by atoms with Crippen LogP contribution in [0.3, 0.4) is 0 Å². The summed E-state index contributed by atoms with van der Waals surface area (Å²) in [5.41, 5.74) is 0.329. The summed E-state index contributed by atoms with van der Waals surface area (Å²) in [5, 5.41) is 0. The van der Waals surface area contributed by atoms with Crippen LogP contribution in [0.1, 0.15) is 33.1 Å². The minimum atomic E-state index is -2.89. The van der Waals surface area contributed by atoms with Gasteiger partial charge in [0.15, 0.2) is 0 Å². The summed E-state index contributed by atoms with van der Waals surface area (Å²) in [6.45, 7) is 16.6. The van der Waals surface area contributed by atoms with Gasteiger partial charge in [-0.05, 0) is 13.3 Å². The fourth-order valence-electron chi connectivity index (χ4n) is 2.54. The maximum Gasteiger partial charge on any atom is 0.375 e. The number of esters is 1. The van der Waals surface area contributed by atoms with Crippen LogP contribution in [0.15, 0.2) is 12.2 Å². The number of hydrogen-bond donors (Lipinski definition) is 0. The van der Waals surface area contributed by atoms with Gasteiger partial charge in [-0.1, -0.05) is 58.6 Å². The lowest BCUT2D eigenvalue weighted by molar-refractivity contribution is -0.140. The maximum absolute atomic E-state index is 13.1. The van der Waals surface area contributed by atoms with Gasteiger partial charge in [0.05, 0.1) is 6.61 Å². The van der Waals surface area contributed by atoms with Crippen LogP contribution in [0, 0.1) is 0 Å². The molecule has 0 bridgehead atoms. The van der Waals surface area contributed by atoms with Crippen molar-refractivity contribution in [1.82, 2.24) is 0 Å². The van der Waals surface area contributed by atoms with E-state index in [0.29, 0.717) is 18.6 Å². The molecule has 0 rings (SSSR count). The highest BCUT2D eigenvalue weighted by atomic mass is 30.0. The van der Waals surface area contributed by atoms with E-state index < -0.39 is 60.8 Å². The van der Waals surface area contributed by atoms with Crippen LogP contribution in [0.25, 0.3) is 0 Å². The number of rotatable bonds is 18. The summed E-state index contributed by atoms with van der Waals surface area (Å²) in [7, 11) is -15.5. The molecule has 0 aliphatic heterocycles. The molecule has 0 aromatic heterocycles. The van der Waals surface area contributed by atoms with Crippen molar-refractivity contribution in [2.45, 2.75) is 65.3 Å². The highest BCUT2D eigenvalue weighted by molar-refractivity contribution is 7.78. The molecule has 8 nitrogen and oxygen atoms in total. The zero-order valence-electron chi connectivity index (χ0n) is 20.1. The van der Waals surface area contributed by atoms with Gasteiger partial charge in [0.1, 0.15) is 13.7 Å². The van der Waals surface area contributed by atoms with E-state index in [4.69, 9.17) is 13.9 Å². The van der Waals surface area contributed by atoms with Crippen LogP contribution in [-0.4, -0.2) is 87.3 Å². The normalized spacial score (nSPS) is 11.7. The smallest absolute Gasteiger partial charge is 0.375 e. The van der Waals surface area contributed by atoms with Gasteiger partial charge in [-0.3, -0.25) is 0 Å². The van der Waals surface area contributed by atoms with E-state index in [0.717, 1.165) is 18.9 Å². The van der Waals surface area contributed by atoms with Crippen LogP contribution < -0.4 is 0 Å². The standard InChI is InChI=1S/C17H36O8Si7/c1-8-9-15-31(4,5)32(6,7)30(22)29(21)28(20)27(19)26-25-12-10-11-23-13-14-24-17(18)16(2)3/h2,8-15H2,1,3-7H3. The fourth-order valence-corrected chi connectivity index (χ4v) is 76.0. The molecule has 15 heteroatoms. The molecule has 2 radical (unpaired) electrons. The van der Waals surface area contributed by atoms with Crippen molar-refractivity contribution in [1.29, 1.82) is 0 Å². The van der Waals surface area contributed by atoms with Crippen molar-refractivity contribution in [3.8, 4) is 0 Å². The summed E-state index contributed by atoms with van der Waals surface area (Å²) < 4.78 is 66.4. The lowest BCUT2D eigenvalue weighted by Gasteiger charge is -2.35. The first kappa shape index (κ1) is 31.8. The summed E-state index contributed by atoms with van der Waals surface area (Å²) in [6.07, 6.45) is 2.66. The average Bonchev–Trinajstić information content (AvgIpc) is 2.74. The van der Waals surface area contributed by atoms with Gasteiger partial charge in [-0.2, -0.15) is 0 Å². The molecule has 0 heterocycles. The third kappa shape index (κ3) is 10.8. The van der Waals surface area contributed by atoms with Gasteiger partial charge in [-0.25, -0.2) is 4.79 Å². The van der Waals surface area contributed by atoms with Crippen LogP contribution in [0.2, 0.25) is 32.2 Å². The molecule has 32 heavy (non-hydrogen) atoms. The van der Waals surface area contributed by atoms with Gasteiger partial charge >= 0.3 is 36.8 Å². The Bertz CT molecular complexity index is 724. The zero-order chi connectivity index (χ0) is 24.9. The molecule has 0 amide bonds. The molecule has 0 aliphatic rings. The minimum Gasteiger partial charge on any atom is -0.460 e. The molecular weight excluding hydrogens is 529 g/mol. The van der Waals surface area contributed by atoms with Crippen LogP contribution in [-0.2, 0) is 36.5 Å². The van der Waals surface area contributed by atoms with Crippen molar-refractivity contribution < 1.29 is 36.5 Å². The third-order valence-corrected chi connectivity index (χ3v) is 68.4. The molecule has 180 valence electrons. The lowest BCUT2D eigenvalue weighted by Crippen LogP contribution is -2.66. The minimum absolute atomic E-state index is 0.134. The van der Waals surface area contributed by atoms with Gasteiger partial charge in [0.25, 0.3) is 9.28 Å².